The Bertz CT molecular complexity index is 359. The molecular formula is C13H18F3NO. The molecule has 0 saturated heterocycles. The van der Waals surface area contributed by atoms with E-state index in [0.29, 0.717) is 25.7 Å². The van der Waals surface area contributed by atoms with Crippen molar-refractivity contribution in [3.05, 3.63) is 29.6 Å². The lowest BCUT2D eigenvalue weighted by molar-refractivity contribution is 0.132. The van der Waals surface area contributed by atoms with Gasteiger partial charge in [-0.3, -0.25) is 0 Å². The van der Waals surface area contributed by atoms with Gasteiger partial charge in [0.2, 0.25) is 0 Å². The molecule has 0 heterocycles. The van der Waals surface area contributed by atoms with Gasteiger partial charge < -0.3 is 10.1 Å². The van der Waals surface area contributed by atoms with Crippen molar-refractivity contribution < 1.29 is 17.9 Å². The Balaban J connectivity index is 2.27. The summed E-state index contributed by atoms with van der Waals surface area (Å²) in [5.74, 6) is -3.26. The molecule has 0 aliphatic rings. The highest BCUT2D eigenvalue weighted by atomic mass is 19.2. The third-order valence-electron chi connectivity index (χ3n) is 2.40. The van der Waals surface area contributed by atoms with Crippen molar-refractivity contribution in [1.82, 2.24) is 0 Å². The molecule has 5 heteroatoms. The Labute approximate surface area is 105 Å². The van der Waals surface area contributed by atoms with Crippen LogP contribution < -0.4 is 5.32 Å². The van der Waals surface area contributed by atoms with Crippen LogP contribution >= 0.6 is 0 Å². The second-order valence-corrected chi connectivity index (χ2v) is 4.48. The van der Waals surface area contributed by atoms with Crippen LogP contribution in [0.5, 0.6) is 0 Å². The number of hydrogen-bond donors (Lipinski definition) is 1. The van der Waals surface area contributed by atoms with Crippen molar-refractivity contribution in [1.29, 1.82) is 0 Å². The van der Waals surface area contributed by atoms with Gasteiger partial charge in [0.15, 0.2) is 17.5 Å². The summed E-state index contributed by atoms with van der Waals surface area (Å²) in [4.78, 5) is 0. The Morgan fingerprint density at radius 1 is 1.11 bits per heavy atom. The van der Waals surface area contributed by atoms with Crippen molar-refractivity contribution in [2.45, 2.75) is 20.3 Å². The smallest absolute Gasteiger partial charge is 0.194 e. The first kappa shape index (κ1) is 14.8. The van der Waals surface area contributed by atoms with E-state index in [9.17, 15) is 13.2 Å². The van der Waals surface area contributed by atoms with Gasteiger partial charge in [-0.15, -0.1) is 0 Å². The summed E-state index contributed by atoms with van der Waals surface area (Å²) in [6, 6.07) is 1.85. The number of benzene rings is 1. The highest BCUT2D eigenvalue weighted by molar-refractivity contribution is 5.44. The summed E-state index contributed by atoms with van der Waals surface area (Å²) in [5.41, 5.74) is 0.207. The van der Waals surface area contributed by atoms with E-state index in [1.807, 2.05) is 0 Å². The predicted octanol–water partition coefficient (Wildman–Crippen LogP) is 3.58. The maximum absolute atomic E-state index is 12.9. The molecule has 0 saturated carbocycles. The fraction of sp³-hybridized carbons (Fsp3) is 0.538. The number of rotatable bonds is 7. The highest BCUT2D eigenvalue weighted by Gasteiger charge is 2.09. The SMILES string of the molecule is CC(C)CCOCCNc1cc(F)c(F)c(F)c1. The second kappa shape index (κ2) is 7.26. The number of hydrogen-bond acceptors (Lipinski definition) is 2. The minimum atomic E-state index is -1.45. The zero-order valence-electron chi connectivity index (χ0n) is 10.6. The predicted molar refractivity (Wildman–Crippen MR) is 65.1 cm³/mol. The molecule has 102 valence electrons. The Kier molecular flexibility index (Phi) is 5.98. The van der Waals surface area contributed by atoms with Crippen LogP contribution in [0.1, 0.15) is 20.3 Å². The van der Waals surface area contributed by atoms with Gasteiger partial charge >= 0.3 is 0 Å². The lowest BCUT2D eigenvalue weighted by atomic mass is 10.1. The quantitative estimate of drug-likeness (QED) is 0.598. The first-order valence-electron chi connectivity index (χ1n) is 5.97. The largest absolute Gasteiger partial charge is 0.383 e. The molecule has 0 amide bonds. The van der Waals surface area contributed by atoms with Gasteiger partial charge in [0.25, 0.3) is 0 Å². The topological polar surface area (TPSA) is 21.3 Å². The van der Waals surface area contributed by atoms with Crippen molar-refractivity contribution in [3.63, 3.8) is 0 Å². The van der Waals surface area contributed by atoms with Crippen LogP contribution in [-0.2, 0) is 4.74 Å². The lowest BCUT2D eigenvalue weighted by Crippen LogP contribution is -2.11. The molecule has 0 aliphatic carbocycles. The van der Waals surface area contributed by atoms with Crippen molar-refractivity contribution in [2.75, 3.05) is 25.1 Å². The Hall–Kier alpha value is -1.23. The molecule has 2 nitrogen and oxygen atoms in total. The third kappa shape index (κ3) is 4.96. The summed E-state index contributed by atoms with van der Waals surface area (Å²) in [7, 11) is 0. The number of halogens is 3. The summed E-state index contributed by atoms with van der Waals surface area (Å²) < 4.78 is 43.7. The molecule has 1 aromatic rings. The van der Waals surface area contributed by atoms with Crippen LogP contribution in [-0.4, -0.2) is 19.8 Å². The molecule has 18 heavy (non-hydrogen) atoms. The fourth-order valence-electron chi connectivity index (χ4n) is 1.35. The van der Waals surface area contributed by atoms with E-state index in [0.717, 1.165) is 18.6 Å². The van der Waals surface area contributed by atoms with Gasteiger partial charge in [-0.2, -0.15) is 0 Å². The van der Waals surface area contributed by atoms with E-state index in [-0.39, 0.29) is 5.69 Å². The van der Waals surface area contributed by atoms with Crippen molar-refractivity contribution in [3.8, 4) is 0 Å². The van der Waals surface area contributed by atoms with Crippen molar-refractivity contribution >= 4 is 5.69 Å². The zero-order chi connectivity index (χ0) is 13.5. The zero-order valence-corrected chi connectivity index (χ0v) is 10.6. The molecule has 0 unspecified atom stereocenters. The molecule has 0 atom stereocenters. The van der Waals surface area contributed by atoms with Crippen LogP contribution in [0.4, 0.5) is 18.9 Å². The maximum atomic E-state index is 12.9. The highest BCUT2D eigenvalue weighted by Crippen LogP contribution is 2.16. The van der Waals surface area contributed by atoms with Gasteiger partial charge in [-0.05, 0) is 12.3 Å². The van der Waals surface area contributed by atoms with E-state index in [1.54, 1.807) is 0 Å². The molecule has 0 aliphatic heterocycles. The van der Waals surface area contributed by atoms with Crippen LogP contribution in [0.25, 0.3) is 0 Å². The maximum Gasteiger partial charge on any atom is 0.194 e. The van der Waals surface area contributed by atoms with E-state index < -0.39 is 17.5 Å². The normalized spacial score (nSPS) is 11.0. The third-order valence-corrected chi connectivity index (χ3v) is 2.40. The van der Waals surface area contributed by atoms with Crippen LogP contribution in [0.2, 0.25) is 0 Å². The average Bonchev–Trinajstić information content (AvgIpc) is 2.30. The molecular weight excluding hydrogens is 243 g/mol. The van der Waals surface area contributed by atoms with E-state index in [4.69, 9.17) is 4.74 Å². The average molecular weight is 261 g/mol. The van der Waals surface area contributed by atoms with Gasteiger partial charge in [-0.1, -0.05) is 13.8 Å². The van der Waals surface area contributed by atoms with Gasteiger partial charge in [0, 0.05) is 31.0 Å². The van der Waals surface area contributed by atoms with E-state index in [1.165, 1.54) is 0 Å². The molecule has 0 spiro atoms. The molecule has 0 fully saturated rings. The van der Waals surface area contributed by atoms with Gasteiger partial charge in [0.1, 0.15) is 0 Å². The minimum absolute atomic E-state index is 0.207. The standard InChI is InChI=1S/C13H18F3NO/c1-9(2)3-5-18-6-4-17-10-7-11(14)13(16)12(15)8-10/h7-9,17H,3-6H2,1-2H3. The number of ether oxygens (including phenoxy) is 1. The molecule has 0 aromatic heterocycles. The second-order valence-electron chi connectivity index (χ2n) is 4.48. The summed E-state index contributed by atoms with van der Waals surface area (Å²) >= 11 is 0. The first-order valence-corrected chi connectivity index (χ1v) is 5.97. The summed E-state index contributed by atoms with van der Waals surface area (Å²) in [5, 5.41) is 2.77. The number of anilines is 1. The summed E-state index contributed by atoms with van der Waals surface area (Å²) in [6.45, 7) is 5.72. The van der Waals surface area contributed by atoms with Crippen LogP contribution in [0.3, 0.4) is 0 Å². The molecule has 1 N–H and O–H groups in total. The molecule has 0 radical (unpaired) electrons. The molecule has 1 aromatic carbocycles. The molecule has 1 rings (SSSR count). The Morgan fingerprint density at radius 3 is 2.28 bits per heavy atom. The Morgan fingerprint density at radius 2 is 1.72 bits per heavy atom. The number of nitrogens with one attached hydrogen (secondary N) is 1. The van der Waals surface area contributed by atoms with Crippen LogP contribution in [0.15, 0.2) is 12.1 Å². The monoisotopic (exact) mass is 261 g/mol. The lowest BCUT2D eigenvalue weighted by Gasteiger charge is -2.09. The van der Waals surface area contributed by atoms with Gasteiger partial charge in [0.05, 0.1) is 6.61 Å². The molecule has 0 bridgehead atoms. The van der Waals surface area contributed by atoms with Crippen molar-refractivity contribution in [2.24, 2.45) is 5.92 Å². The fourth-order valence-corrected chi connectivity index (χ4v) is 1.35. The minimum Gasteiger partial charge on any atom is -0.383 e. The summed E-state index contributed by atoms with van der Waals surface area (Å²) in [6.07, 6.45) is 0.972. The van der Waals surface area contributed by atoms with Gasteiger partial charge in [-0.25, -0.2) is 13.2 Å². The van der Waals surface area contributed by atoms with E-state index in [2.05, 4.69) is 19.2 Å². The first-order chi connectivity index (χ1) is 8.50. The van der Waals surface area contributed by atoms with Crippen LogP contribution in [0, 0.1) is 23.4 Å². The van der Waals surface area contributed by atoms with E-state index >= 15 is 0 Å².